The first-order chi connectivity index (χ1) is 8.72. The topological polar surface area (TPSA) is 41.1 Å². The predicted octanol–water partition coefficient (Wildman–Crippen LogP) is 3.18. The van der Waals surface area contributed by atoms with Gasteiger partial charge < -0.3 is 10.6 Å². The molecule has 1 saturated carbocycles. The van der Waals surface area contributed by atoms with Crippen LogP contribution < -0.4 is 10.6 Å². The number of rotatable bonds is 6. The maximum absolute atomic E-state index is 11.9. The molecule has 0 heterocycles. The highest BCUT2D eigenvalue weighted by molar-refractivity contribution is 5.95. The van der Waals surface area contributed by atoms with Gasteiger partial charge in [-0.15, -0.1) is 0 Å². The van der Waals surface area contributed by atoms with Crippen LogP contribution in [0.4, 0.5) is 5.69 Å². The Morgan fingerprint density at radius 3 is 2.67 bits per heavy atom. The molecule has 3 heteroatoms. The zero-order valence-electron chi connectivity index (χ0n) is 11.2. The molecule has 0 spiro atoms. The molecule has 1 aliphatic carbocycles. The molecule has 1 amide bonds. The highest BCUT2D eigenvalue weighted by atomic mass is 16.1. The normalized spacial score (nSPS) is 14.6. The van der Waals surface area contributed by atoms with E-state index < -0.39 is 0 Å². The number of carbonyl (C=O) groups is 1. The fraction of sp³-hybridized carbons (Fsp3) is 0.533. The average Bonchev–Trinajstić information content (AvgIpc) is 3.20. The van der Waals surface area contributed by atoms with Gasteiger partial charge in [0.05, 0.1) is 0 Å². The number of benzene rings is 1. The molecule has 98 valence electrons. The third kappa shape index (κ3) is 3.49. The molecular formula is C15H22N2O. The molecule has 18 heavy (non-hydrogen) atoms. The molecule has 0 saturated heterocycles. The van der Waals surface area contributed by atoms with E-state index in [-0.39, 0.29) is 5.91 Å². The summed E-state index contributed by atoms with van der Waals surface area (Å²) in [5.74, 6) is 0.0469. The lowest BCUT2D eigenvalue weighted by atomic mass is 10.1. The Morgan fingerprint density at radius 2 is 2.06 bits per heavy atom. The fourth-order valence-corrected chi connectivity index (χ4v) is 1.98. The van der Waals surface area contributed by atoms with Crippen LogP contribution in [-0.4, -0.2) is 18.0 Å². The molecule has 3 nitrogen and oxygen atoms in total. The summed E-state index contributed by atoms with van der Waals surface area (Å²) in [6.07, 6.45) is 4.43. The van der Waals surface area contributed by atoms with Crippen molar-refractivity contribution >= 4 is 11.6 Å². The van der Waals surface area contributed by atoms with Crippen LogP contribution in [0.25, 0.3) is 0 Å². The van der Waals surface area contributed by atoms with Crippen molar-refractivity contribution in [2.75, 3.05) is 5.32 Å². The molecule has 1 aliphatic rings. The monoisotopic (exact) mass is 246 g/mol. The van der Waals surface area contributed by atoms with Crippen LogP contribution in [0.15, 0.2) is 24.3 Å². The Balaban J connectivity index is 2.01. The average molecular weight is 246 g/mol. The van der Waals surface area contributed by atoms with E-state index in [0.29, 0.717) is 12.1 Å². The molecule has 0 atom stereocenters. The van der Waals surface area contributed by atoms with Crippen LogP contribution in [0.2, 0.25) is 0 Å². The van der Waals surface area contributed by atoms with Crippen LogP contribution in [0.5, 0.6) is 0 Å². The summed E-state index contributed by atoms with van der Waals surface area (Å²) in [7, 11) is 0. The van der Waals surface area contributed by atoms with Gasteiger partial charge in [0, 0.05) is 23.3 Å². The van der Waals surface area contributed by atoms with E-state index in [9.17, 15) is 4.79 Å². The molecule has 0 aromatic heterocycles. The second kappa shape index (κ2) is 5.89. The fourth-order valence-electron chi connectivity index (χ4n) is 1.98. The Morgan fingerprint density at radius 1 is 1.33 bits per heavy atom. The van der Waals surface area contributed by atoms with Crippen LogP contribution in [-0.2, 0) is 0 Å². The molecule has 0 unspecified atom stereocenters. The number of hydrogen-bond acceptors (Lipinski definition) is 2. The van der Waals surface area contributed by atoms with Gasteiger partial charge in [-0.3, -0.25) is 4.79 Å². The SMILES string of the molecule is CCC(CC)Nc1cccc(C(=O)NC2CC2)c1. The second-order valence-electron chi connectivity index (χ2n) is 4.99. The van der Waals surface area contributed by atoms with Crippen LogP contribution in [0, 0.1) is 0 Å². The van der Waals surface area contributed by atoms with Crippen molar-refractivity contribution in [3.63, 3.8) is 0 Å². The summed E-state index contributed by atoms with van der Waals surface area (Å²) in [5, 5.41) is 6.47. The lowest BCUT2D eigenvalue weighted by molar-refractivity contribution is 0.0951. The smallest absolute Gasteiger partial charge is 0.251 e. The van der Waals surface area contributed by atoms with Crippen LogP contribution >= 0.6 is 0 Å². The van der Waals surface area contributed by atoms with E-state index in [1.807, 2.05) is 24.3 Å². The van der Waals surface area contributed by atoms with Crippen molar-refractivity contribution in [1.82, 2.24) is 5.32 Å². The lowest BCUT2D eigenvalue weighted by Crippen LogP contribution is -2.25. The van der Waals surface area contributed by atoms with Crippen molar-refractivity contribution in [3.8, 4) is 0 Å². The number of amides is 1. The van der Waals surface area contributed by atoms with Gasteiger partial charge in [0.2, 0.25) is 0 Å². The van der Waals surface area contributed by atoms with E-state index in [2.05, 4.69) is 24.5 Å². The van der Waals surface area contributed by atoms with E-state index in [0.717, 1.165) is 36.9 Å². The van der Waals surface area contributed by atoms with Crippen molar-refractivity contribution in [2.24, 2.45) is 0 Å². The number of anilines is 1. The quantitative estimate of drug-likeness (QED) is 0.809. The van der Waals surface area contributed by atoms with Crippen molar-refractivity contribution in [2.45, 2.75) is 51.6 Å². The first kappa shape index (κ1) is 12.9. The molecular weight excluding hydrogens is 224 g/mol. The first-order valence-corrected chi connectivity index (χ1v) is 6.90. The predicted molar refractivity (Wildman–Crippen MR) is 74.9 cm³/mol. The van der Waals surface area contributed by atoms with Crippen molar-refractivity contribution in [3.05, 3.63) is 29.8 Å². The lowest BCUT2D eigenvalue weighted by Gasteiger charge is -2.16. The Kier molecular flexibility index (Phi) is 4.24. The van der Waals surface area contributed by atoms with Crippen molar-refractivity contribution in [1.29, 1.82) is 0 Å². The molecule has 0 radical (unpaired) electrons. The van der Waals surface area contributed by atoms with Gasteiger partial charge in [-0.1, -0.05) is 19.9 Å². The van der Waals surface area contributed by atoms with Crippen LogP contribution in [0.1, 0.15) is 49.9 Å². The van der Waals surface area contributed by atoms with Gasteiger partial charge in [-0.25, -0.2) is 0 Å². The standard InChI is InChI=1S/C15H22N2O/c1-3-12(4-2)16-14-7-5-6-11(10-14)15(18)17-13-8-9-13/h5-7,10,12-13,16H,3-4,8-9H2,1-2H3,(H,17,18). The van der Waals surface area contributed by atoms with Gasteiger partial charge in [-0.05, 0) is 43.9 Å². The maximum atomic E-state index is 11.9. The minimum absolute atomic E-state index is 0.0469. The molecule has 1 aromatic carbocycles. The minimum atomic E-state index is 0.0469. The number of hydrogen-bond donors (Lipinski definition) is 2. The zero-order valence-corrected chi connectivity index (χ0v) is 11.2. The molecule has 0 aliphatic heterocycles. The summed E-state index contributed by atoms with van der Waals surface area (Å²) in [5.41, 5.74) is 1.78. The van der Waals surface area contributed by atoms with Crippen molar-refractivity contribution < 1.29 is 4.79 Å². The van der Waals surface area contributed by atoms with E-state index in [1.54, 1.807) is 0 Å². The molecule has 0 bridgehead atoms. The molecule has 1 fully saturated rings. The first-order valence-electron chi connectivity index (χ1n) is 6.90. The summed E-state index contributed by atoms with van der Waals surface area (Å²) in [6, 6.07) is 8.66. The highest BCUT2D eigenvalue weighted by Crippen LogP contribution is 2.20. The second-order valence-corrected chi connectivity index (χ2v) is 4.99. The Bertz CT molecular complexity index is 409. The zero-order chi connectivity index (χ0) is 13.0. The summed E-state index contributed by atoms with van der Waals surface area (Å²) >= 11 is 0. The van der Waals surface area contributed by atoms with Gasteiger partial charge in [0.1, 0.15) is 0 Å². The van der Waals surface area contributed by atoms with E-state index in [1.165, 1.54) is 0 Å². The summed E-state index contributed by atoms with van der Waals surface area (Å²) in [4.78, 5) is 11.9. The van der Waals surface area contributed by atoms with Gasteiger partial charge >= 0.3 is 0 Å². The number of carbonyl (C=O) groups excluding carboxylic acids is 1. The molecule has 1 aromatic rings. The Hall–Kier alpha value is -1.51. The molecule has 2 rings (SSSR count). The van der Waals surface area contributed by atoms with E-state index in [4.69, 9.17) is 0 Å². The summed E-state index contributed by atoms with van der Waals surface area (Å²) in [6.45, 7) is 4.34. The van der Waals surface area contributed by atoms with Gasteiger partial charge in [0.15, 0.2) is 0 Å². The largest absolute Gasteiger partial charge is 0.382 e. The Labute approximate surface area is 109 Å². The van der Waals surface area contributed by atoms with Gasteiger partial charge in [-0.2, -0.15) is 0 Å². The maximum Gasteiger partial charge on any atom is 0.251 e. The van der Waals surface area contributed by atoms with Gasteiger partial charge in [0.25, 0.3) is 5.91 Å². The van der Waals surface area contributed by atoms with E-state index >= 15 is 0 Å². The molecule has 2 N–H and O–H groups in total. The minimum Gasteiger partial charge on any atom is -0.382 e. The third-order valence-electron chi connectivity index (χ3n) is 3.39. The third-order valence-corrected chi connectivity index (χ3v) is 3.39. The number of nitrogens with one attached hydrogen (secondary N) is 2. The highest BCUT2D eigenvalue weighted by Gasteiger charge is 2.23. The van der Waals surface area contributed by atoms with Crippen LogP contribution in [0.3, 0.4) is 0 Å². The summed E-state index contributed by atoms with van der Waals surface area (Å²) < 4.78 is 0.